The summed E-state index contributed by atoms with van der Waals surface area (Å²) in [5.41, 5.74) is 6.43. The minimum Gasteiger partial charge on any atom is -0.389 e. The highest BCUT2D eigenvalue weighted by Gasteiger charge is 2.15. The summed E-state index contributed by atoms with van der Waals surface area (Å²) in [5.74, 6) is 0.766. The van der Waals surface area contributed by atoms with Crippen LogP contribution in [0.15, 0.2) is 12.3 Å². The molecule has 0 aromatic carbocycles. The predicted octanol–water partition coefficient (Wildman–Crippen LogP) is 1.35. The molecule has 1 heterocycles. The molecule has 0 unspecified atom stereocenters. The molecule has 0 aliphatic heterocycles. The van der Waals surface area contributed by atoms with Crippen molar-refractivity contribution >= 4 is 23.0 Å². The lowest BCUT2D eigenvalue weighted by molar-refractivity contribution is 0.685. The summed E-state index contributed by atoms with van der Waals surface area (Å²) < 4.78 is 0. The van der Waals surface area contributed by atoms with E-state index in [0.29, 0.717) is 11.0 Å². The number of aromatic nitrogens is 2. The molecule has 0 fully saturated rings. The summed E-state index contributed by atoms with van der Waals surface area (Å²) in [5, 5.41) is 7.97. The third-order valence-electron chi connectivity index (χ3n) is 2.20. The molecule has 0 radical (unpaired) electrons. The van der Waals surface area contributed by atoms with Crippen LogP contribution in [0.5, 0.6) is 0 Å². The molecule has 4 nitrogen and oxygen atoms in total. The number of hydrogen-bond acceptors (Lipinski definition) is 4. The number of rotatable bonds is 4. The molecule has 5 heteroatoms. The van der Waals surface area contributed by atoms with E-state index in [4.69, 9.17) is 18.0 Å². The van der Waals surface area contributed by atoms with Crippen LogP contribution in [0.25, 0.3) is 0 Å². The molecule has 0 aliphatic carbocycles. The molecule has 0 atom stereocenters. The highest BCUT2D eigenvalue weighted by Crippen LogP contribution is 2.18. The van der Waals surface area contributed by atoms with Crippen LogP contribution in [0, 0.1) is 0 Å². The fourth-order valence-electron chi connectivity index (χ4n) is 1.49. The van der Waals surface area contributed by atoms with Crippen molar-refractivity contribution in [2.75, 3.05) is 11.4 Å². The molecule has 0 spiro atoms. The molecule has 2 N–H and O–H groups in total. The lowest BCUT2D eigenvalue weighted by atomic mass is 10.2. The standard InChI is InChI=1S/C10H16N4S/c1-4-14(7(2)3)10-8(9(11)15)5-6-12-13-10/h5-7H,4H2,1-3H3,(H2,11,15). The van der Waals surface area contributed by atoms with Gasteiger partial charge in [-0.2, -0.15) is 5.10 Å². The first-order valence-electron chi connectivity index (χ1n) is 4.96. The van der Waals surface area contributed by atoms with Gasteiger partial charge in [-0.15, -0.1) is 5.10 Å². The topological polar surface area (TPSA) is 55.0 Å². The molecule has 1 aromatic heterocycles. The first kappa shape index (κ1) is 11.8. The van der Waals surface area contributed by atoms with Crippen molar-refractivity contribution in [2.45, 2.75) is 26.8 Å². The van der Waals surface area contributed by atoms with Gasteiger partial charge in [-0.3, -0.25) is 0 Å². The Morgan fingerprint density at radius 1 is 1.60 bits per heavy atom. The second-order valence-electron chi connectivity index (χ2n) is 3.51. The molecule has 15 heavy (non-hydrogen) atoms. The van der Waals surface area contributed by atoms with E-state index in [0.717, 1.165) is 17.9 Å². The largest absolute Gasteiger partial charge is 0.389 e. The summed E-state index contributed by atoms with van der Waals surface area (Å²) in [4.78, 5) is 2.47. The Kier molecular flexibility index (Phi) is 3.96. The first-order valence-corrected chi connectivity index (χ1v) is 5.36. The van der Waals surface area contributed by atoms with E-state index >= 15 is 0 Å². The van der Waals surface area contributed by atoms with Crippen molar-refractivity contribution in [2.24, 2.45) is 5.73 Å². The molecule has 1 aromatic rings. The average Bonchev–Trinajstić information content (AvgIpc) is 2.18. The number of nitrogens with zero attached hydrogens (tertiary/aromatic N) is 3. The van der Waals surface area contributed by atoms with Crippen LogP contribution in [0.3, 0.4) is 0 Å². The van der Waals surface area contributed by atoms with Crippen molar-refractivity contribution in [3.63, 3.8) is 0 Å². The third kappa shape index (κ3) is 2.62. The second-order valence-corrected chi connectivity index (χ2v) is 3.95. The first-order chi connectivity index (χ1) is 7.07. The smallest absolute Gasteiger partial charge is 0.161 e. The third-order valence-corrected chi connectivity index (χ3v) is 2.42. The van der Waals surface area contributed by atoms with E-state index in [-0.39, 0.29) is 0 Å². The Morgan fingerprint density at radius 2 is 2.27 bits per heavy atom. The van der Waals surface area contributed by atoms with Crippen LogP contribution in [0.1, 0.15) is 26.3 Å². The van der Waals surface area contributed by atoms with E-state index in [1.54, 1.807) is 12.3 Å². The molecular formula is C10H16N4S. The molecule has 0 bridgehead atoms. The lowest BCUT2D eigenvalue weighted by Crippen LogP contribution is -2.33. The normalized spacial score (nSPS) is 10.4. The van der Waals surface area contributed by atoms with Crippen LogP contribution < -0.4 is 10.6 Å². The van der Waals surface area contributed by atoms with E-state index in [9.17, 15) is 0 Å². The molecule has 0 amide bonds. The monoisotopic (exact) mass is 224 g/mol. The Labute approximate surface area is 95.5 Å². The number of anilines is 1. The van der Waals surface area contributed by atoms with E-state index < -0.39 is 0 Å². The summed E-state index contributed by atoms with van der Waals surface area (Å²) in [6.45, 7) is 7.12. The Bertz CT molecular complexity index is 351. The van der Waals surface area contributed by atoms with Gasteiger partial charge in [0.1, 0.15) is 4.99 Å². The zero-order valence-corrected chi connectivity index (χ0v) is 10.1. The van der Waals surface area contributed by atoms with Crippen molar-refractivity contribution < 1.29 is 0 Å². The minimum atomic E-state index is 0.347. The van der Waals surface area contributed by atoms with Crippen LogP contribution in [-0.2, 0) is 0 Å². The SMILES string of the molecule is CCN(c1nnccc1C(N)=S)C(C)C. The van der Waals surface area contributed by atoms with Crippen molar-refractivity contribution in [3.8, 4) is 0 Å². The zero-order valence-electron chi connectivity index (χ0n) is 9.27. The van der Waals surface area contributed by atoms with Gasteiger partial charge < -0.3 is 10.6 Å². The maximum absolute atomic E-state index is 5.64. The van der Waals surface area contributed by atoms with Gasteiger partial charge >= 0.3 is 0 Å². The average molecular weight is 224 g/mol. The second kappa shape index (κ2) is 5.02. The fourth-order valence-corrected chi connectivity index (χ4v) is 1.65. The number of thiocarbonyl (C=S) groups is 1. The van der Waals surface area contributed by atoms with E-state index in [1.165, 1.54) is 0 Å². The van der Waals surface area contributed by atoms with Gasteiger partial charge in [-0.25, -0.2) is 0 Å². The van der Waals surface area contributed by atoms with Crippen molar-refractivity contribution in [1.29, 1.82) is 0 Å². The van der Waals surface area contributed by atoms with Crippen molar-refractivity contribution in [3.05, 3.63) is 17.8 Å². The van der Waals surface area contributed by atoms with Gasteiger partial charge in [-0.1, -0.05) is 12.2 Å². The summed E-state index contributed by atoms with van der Waals surface area (Å²) in [6, 6.07) is 2.15. The molecule has 0 saturated heterocycles. The lowest BCUT2D eigenvalue weighted by Gasteiger charge is -2.27. The Balaban J connectivity index is 3.16. The molecular weight excluding hydrogens is 208 g/mol. The molecule has 1 rings (SSSR count). The molecule has 0 aliphatic rings. The van der Waals surface area contributed by atoms with E-state index in [1.807, 2.05) is 0 Å². The summed E-state index contributed by atoms with van der Waals surface area (Å²) in [6.07, 6.45) is 1.60. The molecule has 0 saturated carbocycles. The van der Waals surface area contributed by atoms with Crippen LogP contribution in [0.2, 0.25) is 0 Å². The fraction of sp³-hybridized carbons (Fsp3) is 0.500. The quantitative estimate of drug-likeness (QED) is 0.782. The predicted molar refractivity (Wildman–Crippen MR) is 66.1 cm³/mol. The maximum Gasteiger partial charge on any atom is 0.161 e. The van der Waals surface area contributed by atoms with Gasteiger partial charge in [-0.05, 0) is 26.8 Å². The number of hydrogen-bond donors (Lipinski definition) is 1. The van der Waals surface area contributed by atoms with Gasteiger partial charge in [0.15, 0.2) is 5.82 Å². The zero-order chi connectivity index (χ0) is 11.4. The van der Waals surface area contributed by atoms with Crippen LogP contribution in [0.4, 0.5) is 5.82 Å². The number of nitrogens with two attached hydrogens (primary N) is 1. The highest BCUT2D eigenvalue weighted by molar-refractivity contribution is 7.80. The Morgan fingerprint density at radius 3 is 2.73 bits per heavy atom. The van der Waals surface area contributed by atoms with Crippen molar-refractivity contribution in [1.82, 2.24) is 10.2 Å². The molecule has 82 valence electrons. The van der Waals surface area contributed by atoms with E-state index in [2.05, 4.69) is 35.9 Å². The summed E-state index contributed by atoms with van der Waals surface area (Å²) in [7, 11) is 0. The maximum atomic E-state index is 5.64. The van der Waals surface area contributed by atoms with Crippen LogP contribution in [-0.4, -0.2) is 27.8 Å². The van der Waals surface area contributed by atoms with Gasteiger partial charge in [0.25, 0.3) is 0 Å². The minimum absolute atomic E-state index is 0.347. The van der Waals surface area contributed by atoms with Gasteiger partial charge in [0.2, 0.25) is 0 Å². The summed E-state index contributed by atoms with van der Waals surface area (Å²) >= 11 is 4.99. The highest BCUT2D eigenvalue weighted by atomic mass is 32.1. The Hall–Kier alpha value is -1.23. The van der Waals surface area contributed by atoms with Crippen LogP contribution >= 0.6 is 12.2 Å². The van der Waals surface area contributed by atoms with Gasteiger partial charge in [0, 0.05) is 12.6 Å². The van der Waals surface area contributed by atoms with Gasteiger partial charge in [0.05, 0.1) is 11.8 Å².